The lowest BCUT2D eigenvalue weighted by Gasteiger charge is -2.48. The van der Waals surface area contributed by atoms with Crippen molar-refractivity contribution in [3.63, 3.8) is 0 Å². The van der Waals surface area contributed by atoms with Crippen molar-refractivity contribution in [2.24, 2.45) is 5.73 Å². The monoisotopic (exact) mass is 298 g/mol. The van der Waals surface area contributed by atoms with Crippen LogP contribution in [0.15, 0.2) is 11.3 Å². The minimum absolute atomic E-state index is 0.187. The van der Waals surface area contributed by atoms with Crippen molar-refractivity contribution in [1.82, 2.24) is 4.90 Å². The van der Waals surface area contributed by atoms with Crippen LogP contribution in [0.3, 0.4) is 0 Å². The second-order valence-electron chi connectivity index (χ2n) is 6.12. The van der Waals surface area contributed by atoms with Crippen molar-refractivity contribution in [2.45, 2.75) is 24.3 Å². The molecule has 0 aromatic rings. The second-order valence-corrected chi connectivity index (χ2v) is 7.23. The number of fused-ring (bicyclic) bond motifs is 1. The Morgan fingerprint density at radius 3 is 2.75 bits per heavy atom. The van der Waals surface area contributed by atoms with E-state index < -0.39 is 12.0 Å². The molecule has 3 aliphatic rings. The number of nitrogens with two attached hydrogens (primary N) is 1. The Balaban J connectivity index is 1.90. The molecule has 7 heteroatoms. The van der Waals surface area contributed by atoms with E-state index in [0.717, 1.165) is 29.7 Å². The molecular weight excluding hydrogens is 278 g/mol. The molecule has 1 unspecified atom stereocenters. The molecule has 6 nitrogen and oxygen atoms in total. The molecule has 0 aromatic heterocycles. The van der Waals surface area contributed by atoms with Crippen molar-refractivity contribution in [2.75, 3.05) is 32.4 Å². The molecule has 0 aliphatic carbocycles. The highest BCUT2D eigenvalue weighted by Gasteiger charge is 2.52. The molecule has 0 saturated carbocycles. The molecule has 3 N–H and O–H groups in total. The highest BCUT2D eigenvalue weighted by atomic mass is 32.2. The number of hydrogen-bond acceptors (Lipinski definition) is 4. The van der Waals surface area contributed by atoms with E-state index in [1.54, 1.807) is 11.8 Å². The summed E-state index contributed by atoms with van der Waals surface area (Å²) in [5.41, 5.74) is 6.81. The molecule has 0 radical (unpaired) electrons. The zero-order chi connectivity index (χ0) is 14.5. The number of likely N-dealkylation sites (N-methyl/N-ethyl adjacent to an activating group) is 1. The van der Waals surface area contributed by atoms with Gasteiger partial charge in [-0.3, -0.25) is 9.69 Å². The van der Waals surface area contributed by atoms with Crippen molar-refractivity contribution in [1.29, 1.82) is 0 Å². The fourth-order valence-electron chi connectivity index (χ4n) is 3.42. The van der Waals surface area contributed by atoms with Gasteiger partial charge in [0.2, 0.25) is 5.91 Å². The first-order chi connectivity index (χ1) is 9.43. The highest BCUT2D eigenvalue weighted by molar-refractivity contribution is 8.00. The fraction of sp³-hybridized carbons (Fsp3) is 0.692. The molecule has 2 atom stereocenters. The first-order valence-corrected chi connectivity index (χ1v) is 7.97. The Bertz CT molecular complexity index is 499. The van der Waals surface area contributed by atoms with Crippen LogP contribution in [0.5, 0.6) is 0 Å². The Morgan fingerprint density at radius 2 is 2.15 bits per heavy atom. The van der Waals surface area contributed by atoms with Gasteiger partial charge in [-0.15, -0.1) is 11.8 Å². The van der Waals surface area contributed by atoms with E-state index in [-0.39, 0.29) is 17.0 Å². The number of aliphatic carboxylic acids is 1. The molecule has 3 aliphatic heterocycles. The summed E-state index contributed by atoms with van der Waals surface area (Å²) in [5, 5.41) is 9.29. The third-order valence-electron chi connectivity index (χ3n) is 4.51. The predicted molar refractivity (Wildman–Crippen MR) is 75.7 cm³/mol. The third-order valence-corrected chi connectivity index (χ3v) is 5.87. The van der Waals surface area contributed by atoms with Crippen LogP contribution in [-0.2, 0) is 9.59 Å². The van der Waals surface area contributed by atoms with E-state index in [1.165, 1.54) is 17.7 Å². The third kappa shape index (κ3) is 2.04. The first-order valence-electron chi connectivity index (χ1n) is 6.92. The van der Waals surface area contributed by atoms with Gasteiger partial charge in [0.05, 0.1) is 20.1 Å². The number of β-lactam (4-membered cyclic amide) rings is 1. The SMILES string of the molecule is C[N+]1(CC2=C(C(=O)O)N3C(=O)[C@@H](N)C3SC2)CCCC1. The van der Waals surface area contributed by atoms with Crippen LogP contribution >= 0.6 is 11.8 Å². The van der Waals surface area contributed by atoms with E-state index in [2.05, 4.69) is 7.05 Å². The van der Waals surface area contributed by atoms with E-state index in [9.17, 15) is 14.7 Å². The lowest BCUT2D eigenvalue weighted by atomic mass is 10.0. The van der Waals surface area contributed by atoms with Gasteiger partial charge in [-0.1, -0.05) is 0 Å². The van der Waals surface area contributed by atoms with Crippen LogP contribution in [-0.4, -0.2) is 70.2 Å². The Hall–Kier alpha value is -1.05. The standard InChI is InChI=1S/C13H19N3O3S/c1-16(4-2-3-5-16)6-8-7-20-12-9(14)11(17)15(12)10(8)13(18)19/h9,12H,2-7,14H2,1H3/p+1/t9-,12?/m1/s1. The Kier molecular flexibility index (Phi) is 3.30. The number of amides is 1. The van der Waals surface area contributed by atoms with Crippen molar-refractivity contribution in [3.05, 3.63) is 11.3 Å². The van der Waals surface area contributed by atoms with Gasteiger partial charge in [0.25, 0.3) is 0 Å². The number of likely N-dealkylation sites (tertiary alicyclic amines) is 1. The highest BCUT2D eigenvalue weighted by Crippen LogP contribution is 2.40. The summed E-state index contributed by atoms with van der Waals surface area (Å²) in [6.45, 7) is 2.89. The van der Waals surface area contributed by atoms with Crippen LogP contribution < -0.4 is 5.73 Å². The van der Waals surface area contributed by atoms with E-state index in [4.69, 9.17) is 5.73 Å². The quantitative estimate of drug-likeness (QED) is 0.557. The van der Waals surface area contributed by atoms with E-state index in [1.807, 2.05) is 0 Å². The van der Waals surface area contributed by atoms with Crippen LogP contribution in [0.4, 0.5) is 0 Å². The van der Waals surface area contributed by atoms with Crippen LogP contribution in [0.2, 0.25) is 0 Å². The van der Waals surface area contributed by atoms with E-state index >= 15 is 0 Å². The van der Waals surface area contributed by atoms with Gasteiger partial charge in [0.1, 0.15) is 23.7 Å². The van der Waals surface area contributed by atoms with Gasteiger partial charge in [-0.2, -0.15) is 0 Å². The summed E-state index contributed by atoms with van der Waals surface area (Å²) in [4.78, 5) is 24.8. The molecule has 0 aromatic carbocycles. The number of rotatable bonds is 3. The molecule has 0 bridgehead atoms. The molecule has 0 spiro atoms. The number of thioether (sulfide) groups is 1. The van der Waals surface area contributed by atoms with Crippen molar-refractivity contribution >= 4 is 23.6 Å². The van der Waals surface area contributed by atoms with Gasteiger partial charge in [0, 0.05) is 24.2 Å². The van der Waals surface area contributed by atoms with Crippen LogP contribution in [0.1, 0.15) is 12.8 Å². The second kappa shape index (κ2) is 4.75. The molecular formula is C13H20N3O3S+. The number of nitrogens with zero attached hydrogens (tertiary/aromatic N) is 2. The molecule has 1 amide bonds. The van der Waals surface area contributed by atoms with E-state index in [0.29, 0.717) is 5.75 Å². The van der Waals surface area contributed by atoms with Crippen LogP contribution in [0.25, 0.3) is 0 Å². The largest absolute Gasteiger partial charge is 0.477 e. The first kappa shape index (κ1) is 13.9. The predicted octanol–water partition coefficient (Wildman–Crippen LogP) is -0.192. The van der Waals surface area contributed by atoms with Gasteiger partial charge < -0.3 is 15.3 Å². The molecule has 3 rings (SSSR count). The summed E-state index contributed by atoms with van der Waals surface area (Å²) in [6, 6.07) is -0.549. The summed E-state index contributed by atoms with van der Waals surface area (Å²) >= 11 is 1.59. The molecule has 2 fully saturated rings. The minimum Gasteiger partial charge on any atom is -0.477 e. The number of carbonyl (C=O) groups is 2. The molecule has 20 heavy (non-hydrogen) atoms. The maximum atomic E-state index is 11.9. The number of quaternary nitrogens is 1. The summed E-state index contributed by atoms with van der Waals surface area (Å²) in [6.07, 6.45) is 2.38. The Labute approximate surface area is 122 Å². The lowest BCUT2D eigenvalue weighted by molar-refractivity contribution is -0.893. The van der Waals surface area contributed by atoms with Gasteiger partial charge in [-0.25, -0.2) is 4.79 Å². The Morgan fingerprint density at radius 1 is 1.50 bits per heavy atom. The summed E-state index contributed by atoms with van der Waals surface area (Å²) < 4.78 is 0.880. The van der Waals surface area contributed by atoms with Crippen molar-refractivity contribution in [3.8, 4) is 0 Å². The summed E-state index contributed by atoms with van der Waals surface area (Å²) in [5.74, 6) is -0.602. The normalized spacial score (nSPS) is 32.1. The number of carboxylic acids is 1. The average Bonchev–Trinajstić information content (AvgIpc) is 2.83. The maximum Gasteiger partial charge on any atom is 0.352 e. The number of hydrogen-bond donors (Lipinski definition) is 2. The topological polar surface area (TPSA) is 83.6 Å². The number of carboxylic acid groups (broad SMARTS) is 1. The molecule has 110 valence electrons. The van der Waals surface area contributed by atoms with Gasteiger partial charge in [0.15, 0.2) is 0 Å². The number of carbonyl (C=O) groups excluding carboxylic acids is 1. The minimum atomic E-state index is -1.00. The van der Waals surface area contributed by atoms with Crippen molar-refractivity contribution < 1.29 is 19.2 Å². The zero-order valence-electron chi connectivity index (χ0n) is 11.5. The van der Waals surface area contributed by atoms with Gasteiger partial charge in [-0.05, 0) is 0 Å². The molecule has 2 saturated heterocycles. The van der Waals surface area contributed by atoms with Gasteiger partial charge >= 0.3 is 5.97 Å². The van der Waals surface area contributed by atoms with Crippen LogP contribution in [0, 0.1) is 0 Å². The average molecular weight is 298 g/mol. The lowest BCUT2D eigenvalue weighted by Crippen LogP contribution is -2.68. The summed E-state index contributed by atoms with van der Waals surface area (Å²) in [7, 11) is 2.17. The smallest absolute Gasteiger partial charge is 0.352 e. The maximum absolute atomic E-state index is 11.9. The molecule has 3 heterocycles. The fourth-order valence-corrected chi connectivity index (χ4v) is 4.70. The zero-order valence-corrected chi connectivity index (χ0v) is 12.4.